The van der Waals surface area contributed by atoms with Gasteiger partial charge in [-0.3, -0.25) is 24.1 Å². The van der Waals surface area contributed by atoms with E-state index in [-0.39, 0.29) is 36.6 Å². The molecule has 0 saturated heterocycles. The molecule has 0 saturated carbocycles. The van der Waals surface area contributed by atoms with E-state index in [4.69, 9.17) is 9.47 Å². The Morgan fingerprint density at radius 1 is 1.00 bits per heavy atom. The molecule has 0 radical (unpaired) electrons. The Hall–Kier alpha value is -3.54. The molecule has 1 aromatic carbocycles. The first-order chi connectivity index (χ1) is 15.3. The Morgan fingerprint density at radius 3 is 2.21 bits per heavy atom. The van der Waals surface area contributed by atoms with Crippen molar-refractivity contribution in [2.24, 2.45) is 5.41 Å². The number of hydrogen-bond acceptors (Lipinski definition) is 9. The number of benzene rings is 1. The first-order valence-electron chi connectivity index (χ1n) is 9.85. The van der Waals surface area contributed by atoms with Crippen LogP contribution in [-0.2, 0) is 38.7 Å². The standard InChI is InChI=1S/C21H24N2O9S/c1-21(2,3)20(28)22-33(29,30)15-6-4-5-14(13-15)19(27)32-12-11-31-18(26)9-10-23-16(24)7-8-17(23)25/h4-8,13H,9-12H2,1-3H3,(H,22,28). The fourth-order valence-corrected chi connectivity index (χ4v) is 3.63. The summed E-state index contributed by atoms with van der Waals surface area (Å²) in [6, 6.07) is 4.94. The van der Waals surface area contributed by atoms with Crippen LogP contribution in [0, 0.1) is 5.41 Å². The van der Waals surface area contributed by atoms with Crippen LogP contribution in [0.3, 0.4) is 0 Å². The van der Waals surface area contributed by atoms with E-state index in [2.05, 4.69) is 0 Å². The van der Waals surface area contributed by atoms with Gasteiger partial charge in [0.05, 0.1) is 16.9 Å². The molecule has 33 heavy (non-hydrogen) atoms. The average Bonchev–Trinajstić information content (AvgIpc) is 3.06. The highest BCUT2D eigenvalue weighted by Gasteiger charge is 2.27. The van der Waals surface area contributed by atoms with Crippen molar-refractivity contribution < 1.29 is 41.9 Å². The summed E-state index contributed by atoms with van der Waals surface area (Å²) < 4.78 is 36.6. The minimum atomic E-state index is -4.19. The molecule has 1 N–H and O–H groups in total. The summed E-state index contributed by atoms with van der Waals surface area (Å²) in [6.45, 7) is 3.97. The summed E-state index contributed by atoms with van der Waals surface area (Å²) in [5.41, 5.74) is -1.01. The fraction of sp³-hybridized carbons (Fsp3) is 0.381. The number of imide groups is 1. The molecular weight excluding hydrogens is 456 g/mol. The SMILES string of the molecule is CC(C)(C)C(=O)NS(=O)(=O)c1cccc(C(=O)OCCOC(=O)CCN2C(=O)C=CC2=O)c1. The van der Waals surface area contributed by atoms with Crippen molar-refractivity contribution in [3.8, 4) is 0 Å². The topological polar surface area (TPSA) is 153 Å². The number of hydrogen-bond donors (Lipinski definition) is 1. The second kappa shape index (κ2) is 10.4. The molecule has 0 spiro atoms. The molecule has 1 heterocycles. The maximum Gasteiger partial charge on any atom is 0.338 e. The third kappa shape index (κ3) is 7.24. The quantitative estimate of drug-likeness (QED) is 0.303. The first kappa shape index (κ1) is 25.7. The Kier molecular flexibility index (Phi) is 8.09. The normalized spacial score (nSPS) is 13.7. The Bertz CT molecular complexity index is 1080. The molecule has 12 heteroatoms. The predicted molar refractivity (Wildman–Crippen MR) is 113 cm³/mol. The number of esters is 2. The van der Waals surface area contributed by atoms with Gasteiger partial charge >= 0.3 is 11.9 Å². The van der Waals surface area contributed by atoms with Gasteiger partial charge in [-0.15, -0.1) is 0 Å². The van der Waals surface area contributed by atoms with Gasteiger partial charge in [-0.1, -0.05) is 26.8 Å². The van der Waals surface area contributed by atoms with Crippen LogP contribution >= 0.6 is 0 Å². The highest BCUT2D eigenvalue weighted by Crippen LogP contribution is 2.17. The number of amides is 3. The van der Waals surface area contributed by atoms with E-state index in [1.54, 1.807) is 20.8 Å². The van der Waals surface area contributed by atoms with Gasteiger partial charge in [0.15, 0.2) is 0 Å². The van der Waals surface area contributed by atoms with Crippen LogP contribution in [0.2, 0.25) is 0 Å². The van der Waals surface area contributed by atoms with E-state index in [1.807, 2.05) is 4.72 Å². The van der Waals surface area contributed by atoms with Gasteiger partial charge < -0.3 is 9.47 Å². The molecule has 0 aliphatic carbocycles. The number of carbonyl (C=O) groups excluding carboxylic acids is 5. The lowest BCUT2D eigenvalue weighted by Crippen LogP contribution is -2.38. The number of nitrogens with one attached hydrogen (secondary N) is 1. The van der Waals surface area contributed by atoms with Gasteiger partial charge in [0.1, 0.15) is 13.2 Å². The smallest absolute Gasteiger partial charge is 0.338 e. The van der Waals surface area contributed by atoms with E-state index in [9.17, 15) is 32.4 Å². The van der Waals surface area contributed by atoms with Gasteiger partial charge in [-0.2, -0.15) is 0 Å². The van der Waals surface area contributed by atoms with Crippen LogP contribution in [0.15, 0.2) is 41.3 Å². The van der Waals surface area contributed by atoms with Crippen LogP contribution in [0.4, 0.5) is 0 Å². The zero-order valence-electron chi connectivity index (χ0n) is 18.3. The Morgan fingerprint density at radius 2 is 1.61 bits per heavy atom. The lowest BCUT2D eigenvalue weighted by molar-refractivity contribution is -0.146. The van der Waals surface area contributed by atoms with E-state index in [0.29, 0.717) is 0 Å². The molecule has 0 fully saturated rings. The fourth-order valence-electron chi connectivity index (χ4n) is 2.42. The number of ether oxygens (including phenoxy) is 2. The summed E-state index contributed by atoms with van der Waals surface area (Å²) in [5.74, 6) is -3.27. The van der Waals surface area contributed by atoms with Crippen molar-refractivity contribution in [1.82, 2.24) is 9.62 Å². The minimum absolute atomic E-state index is 0.0778. The number of rotatable bonds is 9. The maximum absolute atomic E-state index is 12.4. The van der Waals surface area contributed by atoms with Crippen LogP contribution in [0.1, 0.15) is 37.6 Å². The molecule has 1 aliphatic heterocycles. The zero-order chi connectivity index (χ0) is 24.8. The second-order valence-corrected chi connectivity index (χ2v) is 9.66. The molecule has 0 unspecified atom stereocenters. The van der Waals surface area contributed by atoms with Crippen LogP contribution in [0.5, 0.6) is 0 Å². The number of sulfonamides is 1. The van der Waals surface area contributed by atoms with Crippen molar-refractivity contribution in [2.75, 3.05) is 19.8 Å². The van der Waals surface area contributed by atoms with Gasteiger partial charge in [0, 0.05) is 24.1 Å². The molecule has 178 valence electrons. The summed E-state index contributed by atoms with van der Waals surface area (Å²) in [7, 11) is -4.19. The summed E-state index contributed by atoms with van der Waals surface area (Å²) in [5, 5.41) is 0. The van der Waals surface area contributed by atoms with Crippen molar-refractivity contribution in [3.05, 3.63) is 42.0 Å². The average molecular weight is 480 g/mol. The van der Waals surface area contributed by atoms with Gasteiger partial charge in [0.25, 0.3) is 21.8 Å². The van der Waals surface area contributed by atoms with Crippen LogP contribution < -0.4 is 4.72 Å². The minimum Gasteiger partial charge on any atom is -0.462 e. The molecule has 1 aliphatic rings. The first-order valence-corrected chi connectivity index (χ1v) is 11.3. The van der Waals surface area contributed by atoms with E-state index in [1.165, 1.54) is 18.2 Å². The van der Waals surface area contributed by atoms with E-state index >= 15 is 0 Å². The maximum atomic E-state index is 12.4. The number of carbonyl (C=O) groups is 5. The molecule has 3 amide bonds. The third-order valence-corrected chi connectivity index (χ3v) is 5.64. The monoisotopic (exact) mass is 480 g/mol. The molecule has 0 atom stereocenters. The largest absolute Gasteiger partial charge is 0.462 e. The predicted octanol–water partition coefficient (Wildman–Crippen LogP) is 0.553. The van der Waals surface area contributed by atoms with Crippen molar-refractivity contribution in [3.63, 3.8) is 0 Å². The van der Waals surface area contributed by atoms with Gasteiger partial charge in [0.2, 0.25) is 5.91 Å². The molecule has 0 aromatic heterocycles. The number of nitrogens with zero attached hydrogens (tertiary/aromatic N) is 1. The summed E-state index contributed by atoms with van der Waals surface area (Å²) >= 11 is 0. The molecule has 1 aromatic rings. The summed E-state index contributed by atoms with van der Waals surface area (Å²) in [6.07, 6.45) is 1.99. The van der Waals surface area contributed by atoms with Crippen LogP contribution in [0.25, 0.3) is 0 Å². The zero-order valence-corrected chi connectivity index (χ0v) is 19.1. The Labute approximate surface area is 190 Å². The lowest BCUT2D eigenvalue weighted by atomic mass is 9.96. The Balaban J connectivity index is 1.82. The summed E-state index contributed by atoms with van der Waals surface area (Å²) in [4.78, 5) is 59.3. The van der Waals surface area contributed by atoms with E-state index in [0.717, 1.165) is 23.1 Å². The molecular formula is C21H24N2O9S. The molecule has 11 nitrogen and oxygen atoms in total. The lowest BCUT2D eigenvalue weighted by Gasteiger charge is -2.17. The van der Waals surface area contributed by atoms with Crippen molar-refractivity contribution in [1.29, 1.82) is 0 Å². The highest BCUT2D eigenvalue weighted by molar-refractivity contribution is 7.90. The van der Waals surface area contributed by atoms with Crippen molar-refractivity contribution in [2.45, 2.75) is 32.1 Å². The van der Waals surface area contributed by atoms with Gasteiger partial charge in [-0.25, -0.2) is 17.9 Å². The highest BCUT2D eigenvalue weighted by atomic mass is 32.2. The van der Waals surface area contributed by atoms with Crippen LogP contribution in [-0.4, -0.2) is 62.7 Å². The molecule has 2 rings (SSSR count). The van der Waals surface area contributed by atoms with Crippen molar-refractivity contribution >= 4 is 39.7 Å². The van der Waals surface area contributed by atoms with E-state index < -0.39 is 45.1 Å². The second-order valence-electron chi connectivity index (χ2n) is 7.98. The third-order valence-electron chi connectivity index (χ3n) is 4.31. The molecule has 0 bridgehead atoms. The van der Waals surface area contributed by atoms with Gasteiger partial charge in [-0.05, 0) is 18.2 Å².